The zero-order valence-corrected chi connectivity index (χ0v) is 51.6. The van der Waals surface area contributed by atoms with Crippen LogP contribution in [0.25, 0.3) is 122 Å². The van der Waals surface area contributed by atoms with Gasteiger partial charge in [0.1, 0.15) is 23.0 Å². The average molecular weight is 1160 g/mol. The Balaban J connectivity index is 0.769. The summed E-state index contributed by atoms with van der Waals surface area (Å²) in [7, 11) is 0. The van der Waals surface area contributed by atoms with Crippen molar-refractivity contribution >= 4 is 43.6 Å². The van der Waals surface area contributed by atoms with E-state index < -0.39 is 0 Å². The Hall–Kier alpha value is -10.6. The fourth-order valence-corrected chi connectivity index (χ4v) is 13.1. The normalized spacial score (nSPS) is 12.3. The Kier molecular flexibility index (Phi) is 14.5. The molecule has 2 N–H and O–H groups in total. The number of aromatic hydroxyl groups is 2. The van der Waals surface area contributed by atoms with Gasteiger partial charge in [-0.2, -0.15) is 0 Å². The Morgan fingerprint density at radius 2 is 0.562 bits per heavy atom. The lowest BCUT2D eigenvalue weighted by atomic mass is 9.99. The highest BCUT2D eigenvalue weighted by atomic mass is 16.5. The molecule has 0 radical (unpaired) electrons. The fraction of sp³-hybridized carbons (Fsp3) is 0.133. The van der Waals surface area contributed by atoms with Gasteiger partial charge in [-0.25, -0.2) is 0 Å². The van der Waals surface area contributed by atoms with Gasteiger partial charge in [0.15, 0.2) is 0 Å². The van der Waals surface area contributed by atoms with E-state index in [0.29, 0.717) is 40.4 Å². The van der Waals surface area contributed by atoms with E-state index in [2.05, 4.69) is 247 Å². The molecular weight excluding hydrogens is 1090 g/mol. The molecule has 12 aromatic carbocycles. The van der Waals surface area contributed by atoms with Crippen LogP contribution in [0, 0.1) is 41.5 Å². The van der Waals surface area contributed by atoms with Crippen LogP contribution in [0.5, 0.6) is 23.0 Å². The predicted octanol–water partition coefficient (Wildman–Crippen LogP) is 21.8. The van der Waals surface area contributed by atoms with E-state index in [4.69, 9.17) is 9.47 Å². The lowest BCUT2D eigenvalue weighted by molar-refractivity contribution is 0.131. The van der Waals surface area contributed by atoms with E-state index in [1.807, 2.05) is 60.7 Å². The van der Waals surface area contributed by atoms with Gasteiger partial charge in [-0.3, -0.25) is 0 Å². The third kappa shape index (κ3) is 10.6. The number of hydrogen-bond acceptors (Lipinski definition) is 4. The number of para-hydroxylation sites is 2. The van der Waals surface area contributed by atoms with Crippen molar-refractivity contribution in [3.8, 4) is 101 Å². The predicted molar refractivity (Wildman–Crippen MR) is 371 cm³/mol. The number of fused-ring (bicyclic) bond motifs is 6. The smallest absolute Gasteiger partial charge is 0.147 e. The van der Waals surface area contributed by atoms with Crippen LogP contribution in [0.2, 0.25) is 0 Å². The minimum absolute atomic E-state index is 0.164. The van der Waals surface area contributed by atoms with Crippen molar-refractivity contribution in [1.82, 2.24) is 9.13 Å². The summed E-state index contributed by atoms with van der Waals surface area (Å²) in [6, 6.07) is 85.6. The summed E-state index contributed by atoms with van der Waals surface area (Å²) in [5.41, 5.74) is 24.3. The molecule has 2 unspecified atom stereocenters. The molecule has 0 spiro atoms. The summed E-state index contributed by atoms with van der Waals surface area (Å²) in [6.07, 6.45) is -0.0362. The molecule has 89 heavy (non-hydrogen) atoms. The van der Waals surface area contributed by atoms with E-state index in [-0.39, 0.29) is 23.7 Å². The monoisotopic (exact) mass is 1160 g/mol. The second-order valence-corrected chi connectivity index (χ2v) is 24.5. The fourth-order valence-electron chi connectivity index (χ4n) is 13.1. The van der Waals surface area contributed by atoms with Crippen LogP contribution in [-0.4, -0.2) is 31.6 Å². The molecule has 2 heterocycles. The molecule has 0 saturated heterocycles. The number of benzene rings is 12. The third-order valence-electron chi connectivity index (χ3n) is 17.7. The minimum Gasteiger partial charge on any atom is -0.505 e. The standard InChI is InChI=1S/C83H70N2O4/c1-50-17-25-58(26-18-50)62-33-37-74-68(46-62)69-47-63(59-27-19-51(2)20-28-59)34-38-75(69)84(74)78-43-54(5)41-72(82(78)86)66-13-9-11-15-80(66)88-56(7)45-57(8)89-81-16-12-10-14-67(81)73-42-55(6)44-79(83(73)87)85-76-39-35-64(60-29-21-52(3)22-30-60)48-70(76)71-49-65(36-40-77(71)85)61-31-23-53(4)24-32-61/h9-44,46-49,56-57,86-87H,45H2,1-8H3. The molecule has 2 aromatic heterocycles. The Morgan fingerprint density at radius 1 is 0.292 bits per heavy atom. The first kappa shape index (κ1) is 56.3. The summed E-state index contributed by atoms with van der Waals surface area (Å²) in [4.78, 5) is 0. The highest BCUT2D eigenvalue weighted by Crippen LogP contribution is 2.47. The zero-order valence-electron chi connectivity index (χ0n) is 51.6. The molecule has 0 saturated carbocycles. The van der Waals surface area contributed by atoms with Gasteiger partial charge in [-0.05, 0) is 196 Å². The molecule has 6 nitrogen and oxygen atoms in total. The van der Waals surface area contributed by atoms with Gasteiger partial charge in [-0.1, -0.05) is 180 Å². The Bertz CT molecular complexity index is 4510. The number of hydrogen-bond donors (Lipinski definition) is 2. The van der Waals surface area contributed by atoms with E-state index in [1.165, 1.54) is 22.3 Å². The van der Waals surface area contributed by atoms with Gasteiger partial charge in [0.25, 0.3) is 0 Å². The number of phenolic OH excluding ortho intramolecular Hbond substituents is 2. The van der Waals surface area contributed by atoms with Gasteiger partial charge < -0.3 is 28.8 Å². The molecule has 14 rings (SSSR count). The molecule has 0 aliphatic rings. The van der Waals surface area contributed by atoms with Crippen molar-refractivity contribution in [2.75, 3.05) is 0 Å². The number of aryl methyl sites for hydroxylation is 6. The largest absolute Gasteiger partial charge is 0.505 e. The van der Waals surface area contributed by atoms with Crippen LogP contribution in [0.3, 0.4) is 0 Å². The minimum atomic E-state index is -0.292. The SMILES string of the molecule is Cc1ccc(-c2ccc3c(c2)c2cc(-c4ccc(C)cc4)ccc2n3-c2cc(C)cc(-c3ccccc3OC(C)CC(C)Oc3ccccc3-c3cc(C)cc(-n4c5ccc(-c6ccc(C)cc6)cc5c5cc(-c6ccc(C)cc6)ccc54)c3O)c2O)cc1. The molecule has 0 fully saturated rings. The molecule has 436 valence electrons. The van der Waals surface area contributed by atoms with Crippen LogP contribution < -0.4 is 9.47 Å². The summed E-state index contributed by atoms with van der Waals surface area (Å²) in [5.74, 6) is 1.65. The highest BCUT2D eigenvalue weighted by molar-refractivity contribution is 6.13. The number of aromatic nitrogens is 2. The molecule has 0 aliphatic heterocycles. The Morgan fingerprint density at radius 3 is 0.854 bits per heavy atom. The van der Waals surface area contributed by atoms with E-state index >= 15 is 0 Å². The molecular formula is C83H70N2O4. The van der Waals surface area contributed by atoms with Gasteiger partial charge in [0.05, 0.1) is 45.6 Å². The Labute approximate surface area is 520 Å². The molecule has 14 aromatic rings. The van der Waals surface area contributed by atoms with Crippen LogP contribution in [0.15, 0.2) is 243 Å². The first-order chi connectivity index (χ1) is 43.2. The number of rotatable bonds is 14. The maximum atomic E-state index is 12.8. The van der Waals surface area contributed by atoms with Crippen molar-refractivity contribution in [3.63, 3.8) is 0 Å². The van der Waals surface area contributed by atoms with Crippen LogP contribution in [-0.2, 0) is 0 Å². The molecule has 2 atom stereocenters. The van der Waals surface area contributed by atoms with E-state index in [0.717, 1.165) is 110 Å². The molecule has 0 amide bonds. The highest BCUT2D eigenvalue weighted by Gasteiger charge is 2.25. The molecule has 6 heteroatoms. The average Bonchev–Trinajstić information content (AvgIpc) is 2.03. The van der Waals surface area contributed by atoms with Crippen molar-refractivity contribution in [3.05, 3.63) is 276 Å². The third-order valence-corrected chi connectivity index (χ3v) is 17.7. The van der Waals surface area contributed by atoms with Crippen molar-refractivity contribution in [2.45, 2.75) is 74.0 Å². The van der Waals surface area contributed by atoms with Crippen LogP contribution in [0.4, 0.5) is 0 Å². The summed E-state index contributed by atoms with van der Waals surface area (Å²) >= 11 is 0. The number of phenols is 2. The van der Waals surface area contributed by atoms with Crippen molar-refractivity contribution < 1.29 is 19.7 Å². The number of nitrogens with zero attached hydrogens (tertiary/aromatic N) is 2. The molecule has 0 bridgehead atoms. The first-order valence-corrected chi connectivity index (χ1v) is 30.8. The van der Waals surface area contributed by atoms with Crippen LogP contribution in [0.1, 0.15) is 53.6 Å². The van der Waals surface area contributed by atoms with E-state index in [1.54, 1.807) is 0 Å². The first-order valence-electron chi connectivity index (χ1n) is 30.8. The zero-order chi connectivity index (χ0) is 61.2. The van der Waals surface area contributed by atoms with Crippen molar-refractivity contribution in [1.29, 1.82) is 0 Å². The molecule has 0 aliphatic carbocycles. The van der Waals surface area contributed by atoms with E-state index in [9.17, 15) is 10.2 Å². The van der Waals surface area contributed by atoms with Crippen molar-refractivity contribution in [2.24, 2.45) is 0 Å². The lowest BCUT2D eigenvalue weighted by Crippen LogP contribution is -2.23. The number of ether oxygens (including phenoxy) is 2. The van der Waals surface area contributed by atoms with Gasteiger partial charge in [-0.15, -0.1) is 0 Å². The van der Waals surface area contributed by atoms with Gasteiger partial charge in [0, 0.05) is 50.2 Å². The second-order valence-electron chi connectivity index (χ2n) is 24.5. The summed E-state index contributed by atoms with van der Waals surface area (Å²) in [6.45, 7) is 16.8. The lowest BCUT2D eigenvalue weighted by Gasteiger charge is -2.24. The van der Waals surface area contributed by atoms with Crippen LogP contribution >= 0.6 is 0 Å². The summed E-state index contributed by atoms with van der Waals surface area (Å²) in [5, 5.41) is 29.9. The summed E-state index contributed by atoms with van der Waals surface area (Å²) < 4.78 is 18.2. The van der Waals surface area contributed by atoms with Gasteiger partial charge in [0.2, 0.25) is 0 Å². The quantitative estimate of drug-likeness (QED) is 0.114. The topological polar surface area (TPSA) is 68.8 Å². The second kappa shape index (κ2) is 22.9. The van der Waals surface area contributed by atoms with Gasteiger partial charge >= 0.3 is 0 Å². The maximum absolute atomic E-state index is 12.8. The maximum Gasteiger partial charge on any atom is 0.147 e.